The molecule has 4 heteroatoms. The standard InChI is InChI=1S/C20H26N2O2/c1-2-19(23)21-12-11-18(15-21)20(24)22(14-17-9-6-10-17)13-16-7-4-3-5-8-16/h2-5,7-8,17-18H,1,6,9-15H2. The summed E-state index contributed by atoms with van der Waals surface area (Å²) in [6.07, 6.45) is 5.83. The molecule has 24 heavy (non-hydrogen) atoms. The normalized spacial score (nSPS) is 20.5. The van der Waals surface area contributed by atoms with Crippen molar-refractivity contribution in [2.45, 2.75) is 32.2 Å². The first-order chi connectivity index (χ1) is 11.7. The predicted molar refractivity (Wildman–Crippen MR) is 94.1 cm³/mol. The molecule has 1 aliphatic heterocycles. The van der Waals surface area contributed by atoms with E-state index < -0.39 is 0 Å². The molecule has 0 spiro atoms. The summed E-state index contributed by atoms with van der Waals surface area (Å²) in [6.45, 7) is 6.24. The van der Waals surface area contributed by atoms with E-state index in [2.05, 4.69) is 18.7 Å². The van der Waals surface area contributed by atoms with Gasteiger partial charge in [-0.3, -0.25) is 9.59 Å². The highest BCUT2D eigenvalue weighted by molar-refractivity contribution is 5.88. The molecule has 1 heterocycles. The lowest BCUT2D eigenvalue weighted by atomic mass is 9.85. The first-order valence-corrected chi connectivity index (χ1v) is 8.91. The monoisotopic (exact) mass is 326 g/mol. The van der Waals surface area contributed by atoms with Crippen molar-refractivity contribution in [3.63, 3.8) is 0 Å². The van der Waals surface area contributed by atoms with Crippen LogP contribution < -0.4 is 0 Å². The van der Waals surface area contributed by atoms with Gasteiger partial charge in [0, 0.05) is 26.2 Å². The molecule has 1 unspecified atom stereocenters. The molecule has 0 aromatic heterocycles. The van der Waals surface area contributed by atoms with Gasteiger partial charge in [0.1, 0.15) is 0 Å². The first-order valence-electron chi connectivity index (χ1n) is 8.91. The van der Waals surface area contributed by atoms with Gasteiger partial charge in [-0.2, -0.15) is 0 Å². The SMILES string of the molecule is C=CC(=O)N1CCC(C(=O)N(Cc2ccccc2)CC2CCC2)C1. The van der Waals surface area contributed by atoms with Gasteiger partial charge in [0.05, 0.1) is 5.92 Å². The number of hydrogen-bond acceptors (Lipinski definition) is 2. The summed E-state index contributed by atoms with van der Waals surface area (Å²) in [5.41, 5.74) is 1.17. The molecule has 1 aromatic rings. The second kappa shape index (κ2) is 7.65. The van der Waals surface area contributed by atoms with Crippen molar-refractivity contribution in [3.05, 3.63) is 48.6 Å². The Bertz CT molecular complexity index is 595. The maximum absolute atomic E-state index is 13.0. The molecule has 0 bridgehead atoms. The van der Waals surface area contributed by atoms with Crippen molar-refractivity contribution in [3.8, 4) is 0 Å². The fourth-order valence-corrected chi connectivity index (χ4v) is 3.57. The summed E-state index contributed by atoms with van der Waals surface area (Å²) >= 11 is 0. The lowest BCUT2D eigenvalue weighted by molar-refractivity contribution is -0.137. The van der Waals surface area contributed by atoms with Crippen molar-refractivity contribution >= 4 is 11.8 Å². The van der Waals surface area contributed by atoms with Crippen LogP contribution in [0.1, 0.15) is 31.2 Å². The molecule has 1 saturated heterocycles. The van der Waals surface area contributed by atoms with E-state index >= 15 is 0 Å². The third kappa shape index (κ3) is 3.86. The van der Waals surface area contributed by atoms with Crippen molar-refractivity contribution in [2.75, 3.05) is 19.6 Å². The zero-order valence-corrected chi connectivity index (χ0v) is 14.2. The molecule has 1 saturated carbocycles. The topological polar surface area (TPSA) is 40.6 Å². The number of nitrogens with zero attached hydrogens (tertiary/aromatic N) is 2. The quantitative estimate of drug-likeness (QED) is 0.754. The van der Waals surface area contributed by atoms with Gasteiger partial charge in [0.2, 0.25) is 11.8 Å². The van der Waals surface area contributed by atoms with Crippen LogP contribution in [0.2, 0.25) is 0 Å². The lowest BCUT2D eigenvalue weighted by Crippen LogP contribution is -2.41. The van der Waals surface area contributed by atoms with Crippen molar-refractivity contribution < 1.29 is 9.59 Å². The van der Waals surface area contributed by atoms with Gasteiger partial charge in [0.25, 0.3) is 0 Å². The number of likely N-dealkylation sites (tertiary alicyclic amines) is 1. The summed E-state index contributed by atoms with van der Waals surface area (Å²) in [5, 5.41) is 0. The second-order valence-corrected chi connectivity index (χ2v) is 6.98. The minimum absolute atomic E-state index is 0.0705. The maximum Gasteiger partial charge on any atom is 0.245 e. The molecule has 128 valence electrons. The van der Waals surface area contributed by atoms with Gasteiger partial charge >= 0.3 is 0 Å². The Morgan fingerprint density at radius 2 is 1.96 bits per heavy atom. The smallest absolute Gasteiger partial charge is 0.245 e. The highest BCUT2D eigenvalue weighted by atomic mass is 16.2. The fourth-order valence-electron chi connectivity index (χ4n) is 3.57. The van der Waals surface area contributed by atoms with Crippen LogP contribution in [0.3, 0.4) is 0 Å². The fraction of sp³-hybridized carbons (Fsp3) is 0.500. The molecule has 1 aromatic carbocycles. The summed E-state index contributed by atoms with van der Waals surface area (Å²) in [7, 11) is 0. The van der Waals surface area contributed by atoms with E-state index in [-0.39, 0.29) is 17.7 Å². The Kier molecular flexibility index (Phi) is 5.34. The number of carbonyl (C=O) groups is 2. The van der Waals surface area contributed by atoms with E-state index in [1.807, 2.05) is 23.1 Å². The molecule has 0 radical (unpaired) electrons. The van der Waals surface area contributed by atoms with Gasteiger partial charge in [-0.25, -0.2) is 0 Å². The van der Waals surface area contributed by atoms with E-state index in [0.29, 0.717) is 25.6 Å². The highest BCUT2D eigenvalue weighted by Crippen LogP contribution is 2.29. The average Bonchev–Trinajstić information content (AvgIpc) is 3.06. The molecule has 2 amide bonds. The zero-order valence-electron chi connectivity index (χ0n) is 14.2. The first kappa shape index (κ1) is 16.7. The van der Waals surface area contributed by atoms with Crippen LogP contribution in [-0.4, -0.2) is 41.2 Å². The van der Waals surface area contributed by atoms with E-state index in [1.54, 1.807) is 4.90 Å². The van der Waals surface area contributed by atoms with Gasteiger partial charge in [-0.05, 0) is 36.8 Å². The lowest BCUT2D eigenvalue weighted by Gasteiger charge is -2.34. The number of hydrogen-bond donors (Lipinski definition) is 0. The molecule has 2 fully saturated rings. The van der Waals surface area contributed by atoms with E-state index in [4.69, 9.17) is 0 Å². The van der Waals surface area contributed by atoms with Gasteiger partial charge < -0.3 is 9.80 Å². The second-order valence-electron chi connectivity index (χ2n) is 6.98. The number of rotatable bonds is 6. The summed E-state index contributed by atoms with van der Waals surface area (Å²) < 4.78 is 0. The summed E-state index contributed by atoms with van der Waals surface area (Å²) in [6, 6.07) is 10.2. The Labute approximate surface area is 144 Å². The van der Waals surface area contributed by atoms with E-state index in [9.17, 15) is 9.59 Å². The van der Waals surface area contributed by atoms with E-state index in [1.165, 1.54) is 30.9 Å². The molecular formula is C20H26N2O2. The van der Waals surface area contributed by atoms with Gasteiger partial charge in [0.15, 0.2) is 0 Å². The number of benzene rings is 1. The number of carbonyl (C=O) groups excluding carboxylic acids is 2. The van der Waals surface area contributed by atoms with Crippen LogP contribution in [0.5, 0.6) is 0 Å². The van der Waals surface area contributed by atoms with Crippen LogP contribution in [0, 0.1) is 11.8 Å². The van der Waals surface area contributed by atoms with Gasteiger partial charge in [-0.15, -0.1) is 0 Å². The third-order valence-corrected chi connectivity index (χ3v) is 5.26. The van der Waals surface area contributed by atoms with Crippen LogP contribution in [0.15, 0.2) is 43.0 Å². The molecule has 1 aliphatic carbocycles. The molecule has 2 aliphatic rings. The molecule has 0 N–H and O–H groups in total. The van der Waals surface area contributed by atoms with Crippen LogP contribution in [-0.2, 0) is 16.1 Å². The van der Waals surface area contributed by atoms with Crippen LogP contribution >= 0.6 is 0 Å². The molecule has 1 atom stereocenters. The number of amides is 2. The predicted octanol–water partition coefficient (Wildman–Crippen LogP) is 2.85. The Balaban J connectivity index is 1.66. The third-order valence-electron chi connectivity index (χ3n) is 5.26. The van der Waals surface area contributed by atoms with Crippen molar-refractivity contribution in [2.24, 2.45) is 11.8 Å². The Morgan fingerprint density at radius 1 is 1.21 bits per heavy atom. The maximum atomic E-state index is 13.0. The van der Waals surface area contributed by atoms with E-state index in [0.717, 1.165) is 13.0 Å². The molecular weight excluding hydrogens is 300 g/mol. The minimum Gasteiger partial charge on any atom is -0.338 e. The van der Waals surface area contributed by atoms with Crippen LogP contribution in [0.25, 0.3) is 0 Å². The minimum atomic E-state index is -0.0716. The van der Waals surface area contributed by atoms with Crippen LogP contribution in [0.4, 0.5) is 0 Å². The Hall–Kier alpha value is -2.10. The summed E-state index contributed by atoms with van der Waals surface area (Å²) in [5.74, 6) is 0.701. The highest BCUT2D eigenvalue weighted by Gasteiger charge is 2.34. The average molecular weight is 326 g/mol. The van der Waals surface area contributed by atoms with Crippen molar-refractivity contribution in [1.82, 2.24) is 9.80 Å². The zero-order chi connectivity index (χ0) is 16.9. The van der Waals surface area contributed by atoms with Crippen molar-refractivity contribution in [1.29, 1.82) is 0 Å². The van der Waals surface area contributed by atoms with Gasteiger partial charge in [-0.1, -0.05) is 43.3 Å². The largest absolute Gasteiger partial charge is 0.338 e. The molecule has 4 nitrogen and oxygen atoms in total. The molecule has 3 rings (SSSR count). The Morgan fingerprint density at radius 3 is 2.58 bits per heavy atom. The summed E-state index contributed by atoms with van der Waals surface area (Å²) in [4.78, 5) is 28.6.